The number of nitrogen functional groups attached to an aromatic ring is 1. The fourth-order valence-corrected chi connectivity index (χ4v) is 4.14. The van der Waals surface area contributed by atoms with Crippen molar-refractivity contribution in [2.45, 2.75) is 76.3 Å². The van der Waals surface area contributed by atoms with Gasteiger partial charge < -0.3 is 15.3 Å². The Morgan fingerprint density at radius 2 is 1.86 bits per heavy atom. The maximum absolute atomic E-state index is 10.9. The van der Waals surface area contributed by atoms with Crippen LogP contribution < -0.4 is 5.73 Å². The number of nitrogens with zero attached hydrogens (tertiary/aromatic N) is 1. The Hall–Kier alpha value is -0.913. The van der Waals surface area contributed by atoms with Crippen molar-refractivity contribution in [1.29, 1.82) is 0 Å². The van der Waals surface area contributed by atoms with Gasteiger partial charge in [0.25, 0.3) is 0 Å². The molecule has 1 saturated carbocycles. The molecule has 1 aliphatic carbocycles. The third kappa shape index (κ3) is 3.70. The quantitative estimate of drug-likeness (QED) is 0.830. The molecule has 0 saturated heterocycles. The van der Waals surface area contributed by atoms with Crippen molar-refractivity contribution in [3.63, 3.8) is 0 Å². The van der Waals surface area contributed by atoms with Crippen LogP contribution in [0, 0.1) is 0 Å². The normalized spacial score (nSPS) is 26.9. The summed E-state index contributed by atoms with van der Waals surface area (Å²) in [5.41, 5.74) is 6.20. The lowest BCUT2D eigenvalue weighted by Crippen LogP contribution is -2.46. The fourth-order valence-electron chi connectivity index (χ4n) is 2.72. The third-order valence-corrected chi connectivity index (χ3v) is 9.83. The highest BCUT2D eigenvalue weighted by atomic mass is 28.4. The summed E-state index contributed by atoms with van der Waals surface area (Å²) >= 11 is 0. The summed E-state index contributed by atoms with van der Waals surface area (Å²) in [7, 11) is -1.74. The van der Waals surface area contributed by atoms with E-state index in [-0.39, 0.29) is 11.1 Å². The van der Waals surface area contributed by atoms with Crippen LogP contribution in [0.4, 0.5) is 5.69 Å². The van der Waals surface area contributed by atoms with Gasteiger partial charge in [0.15, 0.2) is 8.32 Å². The molecule has 0 aromatic carbocycles. The maximum Gasteiger partial charge on any atom is 0.192 e. The van der Waals surface area contributed by atoms with Crippen molar-refractivity contribution in [2.75, 3.05) is 5.73 Å². The number of anilines is 1. The van der Waals surface area contributed by atoms with E-state index >= 15 is 0 Å². The Morgan fingerprint density at radius 1 is 1.27 bits per heavy atom. The predicted molar refractivity (Wildman–Crippen MR) is 93.1 cm³/mol. The van der Waals surface area contributed by atoms with Crippen molar-refractivity contribution in [2.24, 2.45) is 0 Å². The molecule has 0 spiro atoms. The Kier molecular flexibility index (Phi) is 4.71. The molecule has 3 N–H and O–H groups in total. The van der Waals surface area contributed by atoms with E-state index in [0.717, 1.165) is 18.5 Å². The topological polar surface area (TPSA) is 68.4 Å². The summed E-state index contributed by atoms with van der Waals surface area (Å²) in [6.45, 7) is 11.4. The molecule has 22 heavy (non-hydrogen) atoms. The van der Waals surface area contributed by atoms with Gasteiger partial charge in [0.1, 0.15) is 5.60 Å². The summed E-state index contributed by atoms with van der Waals surface area (Å²) in [6, 6.07) is 3.64. The van der Waals surface area contributed by atoms with Crippen molar-refractivity contribution in [3.8, 4) is 0 Å². The lowest BCUT2D eigenvalue weighted by atomic mass is 9.81. The average Bonchev–Trinajstić information content (AvgIpc) is 2.41. The Labute approximate surface area is 135 Å². The van der Waals surface area contributed by atoms with Crippen LogP contribution in [-0.2, 0) is 10.0 Å². The van der Waals surface area contributed by atoms with Crippen LogP contribution >= 0.6 is 0 Å². The number of hydrogen-bond acceptors (Lipinski definition) is 4. The van der Waals surface area contributed by atoms with Crippen LogP contribution in [0.1, 0.15) is 52.1 Å². The van der Waals surface area contributed by atoms with E-state index < -0.39 is 13.9 Å². The zero-order valence-corrected chi connectivity index (χ0v) is 15.5. The Bertz CT molecular complexity index is 500. The number of aromatic nitrogens is 1. The summed E-state index contributed by atoms with van der Waals surface area (Å²) in [5, 5.41) is 11.1. The molecular weight excluding hydrogens is 292 g/mol. The van der Waals surface area contributed by atoms with Crippen molar-refractivity contribution < 1.29 is 9.53 Å². The molecule has 1 heterocycles. The van der Waals surface area contributed by atoms with Gasteiger partial charge in [-0.05, 0) is 55.9 Å². The van der Waals surface area contributed by atoms with Gasteiger partial charge in [-0.2, -0.15) is 0 Å². The number of hydrogen-bond donors (Lipinski definition) is 2. The van der Waals surface area contributed by atoms with Crippen LogP contribution in [-0.4, -0.2) is 24.5 Å². The predicted octanol–water partition coefficient (Wildman–Crippen LogP) is 3.82. The molecule has 1 fully saturated rings. The molecule has 1 aromatic rings. The highest BCUT2D eigenvalue weighted by Gasteiger charge is 2.42. The monoisotopic (exact) mass is 322 g/mol. The number of pyridine rings is 1. The number of nitrogens with two attached hydrogens (primary N) is 1. The highest BCUT2D eigenvalue weighted by Crippen LogP contribution is 2.42. The molecule has 0 atom stereocenters. The largest absolute Gasteiger partial charge is 0.414 e. The minimum atomic E-state index is -1.74. The first-order chi connectivity index (χ1) is 10.0. The maximum atomic E-state index is 10.9. The van der Waals surface area contributed by atoms with E-state index in [1.165, 1.54) is 0 Å². The van der Waals surface area contributed by atoms with Gasteiger partial charge >= 0.3 is 0 Å². The minimum Gasteiger partial charge on any atom is -0.414 e. The molecule has 124 valence electrons. The first kappa shape index (κ1) is 17.4. The Morgan fingerprint density at radius 3 is 2.32 bits per heavy atom. The molecule has 5 heteroatoms. The molecule has 1 aromatic heterocycles. The summed E-state index contributed by atoms with van der Waals surface area (Å²) < 4.78 is 6.48. The number of rotatable bonds is 3. The van der Waals surface area contributed by atoms with Gasteiger partial charge in [0.2, 0.25) is 0 Å². The van der Waals surface area contributed by atoms with E-state index in [1.807, 2.05) is 6.07 Å². The van der Waals surface area contributed by atoms with E-state index in [1.54, 1.807) is 12.3 Å². The fraction of sp³-hybridized carbons (Fsp3) is 0.706. The highest BCUT2D eigenvalue weighted by molar-refractivity contribution is 6.74. The van der Waals surface area contributed by atoms with Gasteiger partial charge in [-0.25, -0.2) is 0 Å². The first-order valence-corrected chi connectivity index (χ1v) is 11.1. The molecular formula is C17H30N2O2Si. The molecule has 1 aliphatic rings. The molecule has 0 radical (unpaired) electrons. The zero-order chi connectivity index (χ0) is 16.6. The molecule has 4 nitrogen and oxygen atoms in total. The number of aliphatic hydroxyl groups is 1. The standard InChI is InChI=1S/C17H30N2O2Si/c1-16(2,3)22(4,5)21-14-8-10-17(20,11-9-14)15-7-6-13(18)12-19-15/h6-7,12,14,20H,8-11,18H2,1-5H3. The second-order valence-corrected chi connectivity index (χ2v) is 12.8. The van der Waals surface area contributed by atoms with Crippen molar-refractivity contribution >= 4 is 14.0 Å². The lowest BCUT2D eigenvalue weighted by Gasteiger charge is -2.43. The molecule has 2 rings (SSSR count). The molecule has 0 unspecified atom stereocenters. The smallest absolute Gasteiger partial charge is 0.192 e. The molecule has 0 amide bonds. The van der Waals surface area contributed by atoms with Gasteiger partial charge in [-0.1, -0.05) is 20.8 Å². The second kappa shape index (κ2) is 5.94. The van der Waals surface area contributed by atoms with Crippen LogP contribution in [0.15, 0.2) is 18.3 Å². The average molecular weight is 323 g/mol. The van der Waals surface area contributed by atoms with E-state index in [9.17, 15) is 5.11 Å². The van der Waals surface area contributed by atoms with Gasteiger partial charge in [0, 0.05) is 6.10 Å². The minimum absolute atomic E-state index is 0.221. The Balaban J connectivity index is 1.99. The third-order valence-electron chi connectivity index (χ3n) is 5.29. The zero-order valence-electron chi connectivity index (χ0n) is 14.5. The van der Waals surface area contributed by atoms with Crippen molar-refractivity contribution in [3.05, 3.63) is 24.0 Å². The van der Waals surface area contributed by atoms with Crippen LogP contribution in [0.5, 0.6) is 0 Å². The second-order valence-electron chi connectivity index (χ2n) is 8.09. The first-order valence-electron chi connectivity index (χ1n) is 8.16. The van der Waals surface area contributed by atoms with E-state index in [2.05, 4.69) is 38.8 Å². The summed E-state index contributed by atoms with van der Waals surface area (Å²) in [4.78, 5) is 4.31. The van der Waals surface area contributed by atoms with Crippen LogP contribution in [0.2, 0.25) is 18.1 Å². The molecule has 0 aliphatic heterocycles. The van der Waals surface area contributed by atoms with Gasteiger partial charge in [-0.3, -0.25) is 4.98 Å². The molecule has 0 bridgehead atoms. The SMILES string of the molecule is CC(C)(C)[Si](C)(C)OC1CCC(O)(c2ccc(N)cn2)CC1. The summed E-state index contributed by atoms with van der Waals surface area (Å²) in [6.07, 6.45) is 5.04. The van der Waals surface area contributed by atoms with Gasteiger partial charge in [0.05, 0.1) is 17.6 Å². The van der Waals surface area contributed by atoms with Gasteiger partial charge in [-0.15, -0.1) is 0 Å². The van der Waals surface area contributed by atoms with Crippen LogP contribution in [0.25, 0.3) is 0 Å². The van der Waals surface area contributed by atoms with Crippen molar-refractivity contribution in [1.82, 2.24) is 4.98 Å². The van der Waals surface area contributed by atoms with Crippen LogP contribution in [0.3, 0.4) is 0 Å². The lowest BCUT2D eigenvalue weighted by molar-refractivity contribution is -0.0361. The van der Waals surface area contributed by atoms with E-state index in [0.29, 0.717) is 18.5 Å². The van der Waals surface area contributed by atoms with E-state index in [4.69, 9.17) is 10.2 Å². The summed E-state index contributed by atoms with van der Waals surface area (Å²) in [5.74, 6) is 0.